The molecule has 1 atom stereocenters. The molecule has 7 nitrogen and oxygen atoms in total. The maximum atomic E-state index is 5.51. The van der Waals surface area contributed by atoms with Crippen LogP contribution in [0.4, 0.5) is 0 Å². The van der Waals surface area contributed by atoms with Crippen molar-refractivity contribution in [3.8, 4) is 0 Å². The molecule has 7 heteroatoms. The smallest absolute Gasteiger partial charge is 0.191 e. The van der Waals surface area contributed by atoms with E-state index < -0.39 is 0 Å². The van der Waals surface area contributed by atoms with Crippen LogP contribution in [0.1, 0.15) is 33.1 Å². The second-order valence-electron chi connectivity index (χ2n) is 7.97. The Kier molecular flexibility index (Phi) is 11.0. The Morgan fingerprint density at radius 2 is 1.63 bits per heavy atom. The molecule has 2 aliphatic heterocycles. The van der Waals surface area contributed by atoms with Crippen LogP contribution >= 0.6 is 0 Å². The first-order valence-electron chi connectivity index (χ1n) is 10.8. The van der Waals surface area contributed by atoms with E-state index in [-0.39, 0.29) is 0 Å². The third kappa shape index (κ3) is 9.23. The fourth-order valence-electron chi connectivity index (χ4n) is 3.78. The Hall–Kier alpha value is -0.890. The highest BCUT2D eigenvalue weighted by molar-refractivity contribution is 5.79. The van der Waals surface area contributed by atoms with E-state index in [2.05, 4.69) is 39.3 Å². The van der Waals surface area contributed by atoms with Crippen LogP contribution in [0.3, 0.4) is 0 Å². The van der Waals surface area contributed by atoms with Gasteiger partial charge in [-0.2, -0.15) is 0 Å². The lowest BCUT2D eigenvalue weighted by molar-refractivity contribution is 0.0132. The number of unbranched alkanes of at least 4 members (excludes halogenated alkanes) is 1. The summed E-state index contributed by atoms with van der Waals surface area (Å²) in [6, 6.07) is 0.536. The van der Waals surface area contributed by atoms with E-state index in [0.29, 0.717) is 12.0 Å². The average Bonchev–Trinajstić information content (AvgIpc) is 2.70. The van der Waals surface area contributed by atoms with E-state index in [9.17, 15) is 0 Å². The molecular formula is C20H41N5O2. The van der Waals surface area contributed by atoms with Gasteiger partial charge in [-0.05, 0) is 31.7 Å². The number of hydrogen-bond acceptors (Lipinski definition) is 5. The molecule has 2 N–H and O–H groups in total. The van der Waals surface area contributed by atoms with Gasteiger partial charge in [0, 0.05) is 52.4 Å². The lowest BCUT2D eigenvalue weighted by Crippen LogP contribution is -2.51. The van der Waals surface area contributed by atoms with Crippen molar-refractivity contribution in [3.05, 3.63) is 0 Å². The summed E-state index contributed by atoms with van der Waals surface area (Å²) in [6.07, 6.45) is 3.58. The predicted octanol–water partition coefficient (Wildman–Crippen LogP) is 1.01. The Labute approximate surface area is 165 Å². The van der Waals surface area contributed by atoms with Crippen molar-refractivity contribution in [2.24, 2.45) is 10.9 Å². The lowest BCUT2D eigenvalue weighted by Gasteiger charge is -2.35. The summed E-state index contributed by atoms with van der Waals surface area (Å²) in [5.41, 5.74) is 0. The van der Waals surface area contributed by atoms with Gasteiger partial charge in [-0.1, -0.05) is 13.8 Å². The molecule has 0 amide bonds. The summed E-state index contributed by atoms with van der Waals surface area (Å²) >= 11 is 0. The molecule has 0 aliphatic carbocycles. The predicted molar refractivity (Wildman–Crippen MR) is 111 cm³/mol. The van der Waals surface area contributed by atoms with E-state index >= 15 is 0 Å². The van der Waals surface area contributed by atoms with Crippen LogP contribution in [0.25, 0.3) is 0 Å². The second kappa shape index (κ2) is 13.3. The molecule has 0 bridgehead atoms. The van der Waals surface area contributed by atoms with Crippen molar-refractivity contribution < 1.29 is 9.47 Å². The number of nitrogens with one attached hydrogen (secondary N) is 2. The number of morpholine rings is 2. The molecule has 0 aromatic carbocycles. The van der Waals surface area contributed by atoms with Gasteiger partial charge in [0.25, 0.3) is 0 Å². The zero-order chi connectivity index (χ0) is 19.3. The van der Waals surface area contributed by atoms with E-state index in [1.54, 1.807) is 0 Å². The molecule has 0 radical (unpaired) electrons. The summed E-state index contributed by atoms with van der Waals surface area (Å²) < 4.78 is 10.9. The SMILES string of the molecule is CN=C(NCCCCN1CCOCC1)NCC(CC(C)C)N1CCOCC1. The molecule has 2 heterocycles. The fraction of sp³-hybridized carbons (Fsp3) is 0.950. The van der Waals surface area contributed by atoms with Gasteiger partial charge in [0.05, 0.1) is 26.4 Å². The Morgan fingerprint density at radius 3 is 2.26 bits per heavy atom. The van der Waals surface area contributed by atoms with Crippen LogP contribution in [0.15, 0.2) is 4.99 Å². The molecule has 2 saturated heterocycles. The lowest BCUT2D eigenvalue weighted by atomic mass is 10.0. The monoisotopic (exact) mass is 383 g/mol. The molecule has 158 valence electrons. The molecule has 0 aromatic rings. The van der Waals surface area contributed by atoms with Crippen molar-refractivity contribution in [1.29, 1.82) is 0 Å². The molecule has 0 spiro atoms. The highest BCUT2D eigenvalue weighted by Gasteiger charge is 2.22. The van der Waals surface area contributed by atoms with Crippen molar-refractivity contribution in [2.75, 3.05) is 79.3 Å². The van der Waals surface area contributed by atoms with Gasteiger partial charge < -0.3 is 20.1 Å². The van der Waals surface area contributed by atoms with Crippen molar-refractivity contribution in [3.63, 3.8) is 0 Å². The topological polar surface area (TPSA) is 61.4 Å². The van der Waals surface area contributed by atoms with E-state index in [1.165, 1.54) is 19.4 Å². The average molecular weight is 384 g/mol. The normalized spacial score (nSPS) is 21.4. The van der Waals surface area contributed by atoms with Crippen LogP contribution in [0.2, 0.25) is 0 Å². The molecule has 2 fully saturated rings. The van der Waals surface area contributed by atoms with Gasteiger partial charge in [0.1, 0.15) is 0 Å². The third-order valence-corrected chi connectivity index (χ3v) is 5.33. The zero-order valence-electron chi connectivity index (χ0n) is 17.7. The standard InChI is InChI=1S/C20H41N5O2/c1-18(2)16-19(25-10-14-27-15-11-25)17-23-20(21-3)22-6-4-5-7-24-8-12-26-13-9-24/h18-19H,4-17H2,1-3H3,(H2,21,22,23). The fourth-order valence-corrected chi connectivity index (χ4v) is 3.78. The number of rotatable bonds is 10. The van der Waals surface area contributed by atoms with E-state index in [4.69, 9.17) is 9.47 Å². The summed E-state index contributed by atoms with van der Waals surface area (Å²) in [5, 5.41) is 7.01. The Morgan fingerprint density at radius 1 is 0.963 bits per heavy atom. The number of hydrogen-bond donors (Lipinski definition) is 2. The minimum atomic E-state index is 0.536. The van der Waals surface area contributed by atoms with Crippen LogP contribution < -0.4 is 10.6 Å². The zero-order valence-corrected chi connectivity index (χ0v) is 17.7. The first kappa shape index (κ1) is 22.4. The van der Waals surface area contributed by atoms with Crippen LogP contribution in [0, 0.1) is 5.92 Å². The molecule has 1 unspecified atom stereocenters. The minimum Gasteiger partial charge on any atom is -0.379 e. The minimum absolute atomic E-state index is 0.536. The maximum absolute atomic E-state index is 5.51. The summed E-state index contributed by atoms with van der Waals surface area (Å²) in [7, 11) is 1.86. The van der Waals surface area contributed by atoms with Crippen LogP contribution in [-0.2, 0) is 9.47 Å². The van der Waals surface area contributed by atoms with Crippen molar-refractivity contribution >= 4 is 5.96 Å². The Bertz CT molecular complexity index is 407. The summed E-state index contributed by atoms with van der Waals surface area (Å²) in [6.45, 7) is 15.4. The number of ether oxygens (including phenoxy) is 2. The maximum Gasteiger partial charge on any atom is 0.191 e. The Balaban J connectivity index is 1.63. The molecule has 2 aliphatic rings. The summed E-state index contributed by atoms with van der Waals surface area (Å²) in [4.78, 5) is 9.45. The van der Waals surface area contributed by atoms with Gasteiger partial charge in [-0.15, -0.1) is 0 Å². The molecule has 27 heavy (non-hydrogen) atoms. The first-order valence-corrected chi connectivity index (χ1v) is 10.8. The molecule has 0 saturated carbocycles. The first-order chi connectivity index (χ1) is 13.2. The van der Waals surface area contributed by atoms with E-state index in [1.807, 2.05) is 7.05 Å². The number of nitrogens with zero attached hydrogens (tertiary/aromatic N) is 3. The molecular weight excluding hydrogens is 342 g/mol. The summed E-state index contributed by atoms with van der Waals surface area (Å²) in [5.74, 6) is 1.61. The highest BCUT2D eigenvalue weighted by Crippen LogP contribution is 2.13. The largest absolute Gasteiger partial charge is 0.379 e. The van der Waals surface area contributed by atoms with Gasteiger partial charge in [-0.25, -0.2) is 0 Å². The van der Waals surface area contributed by atoms with Crippen molar-refractivity contribution in [1.82, 2.24) is 20.4 Å². The van der Waals surface area contributed by atoms with Gasteiger partial charge >= 0.3 is 0 Å². The van der Waals surface area contributed by atoms with Crippen LogP contribution in [0.5, 0.6) is 0 Å². The molecule has 2 rings (SSSR count). The van der Waals surface area contributed by atoms with Gasteiger partial charge in [0.2, 0.25) is 0 Å². The number of aliphatic imine (C=N–C) groups is 1. The van der Waals surface area contributed by atoms with Crippen LogP contribution in [-0.4, -0.2) is 101 Å². The highest BCUT2D eigenvalue weighted by atomic mass is 16.5. The number of guanidine groups is 1. The second-order valence-corrected chi connectivity index (χ2v) is 7.97. The van der Waals surface area contributed by atoms with E-state index in [0.717, 1.165) is 78.1 Å². The van der Waals surface area contributed by atoms with Gasteiger partial charge in [-0.3, -0.25) is 14.8 Å². The van der Waals surface area contributed by atoms with Gasteiger partial charge in [0.15, 0.2) is 5.96 Å². The molecule has 0 aromatic heterocycles. The third-order valence-electron chi connectivity index (χ3n) is 5.33. The quantitative estimate of drug-likeness (QED) is 0.334. The van der Waals surface area contributed by atoms with Crippen molar-refractivity contribution in [2.45, 2.75) is 39.2 Å².